The van der Waals surface area contributed by atoms with E-state index < -0.39 is 0 Å². The first kappa shape index (κ1) is 13.1. The lowest BCUT2D eigenvalue weighted by Crippen LogP contribution is -2.15. The molecule has 0 unspecified atom stereocenters. The van der Waals surface area contributed by atoms with Crippen molar-refractivity contribution in [3.05, 3.63) is 29.8 Å². The van der Waals surface area contributed by atoms with Gasteiger partial charge in [-0.25, -0.2) is 0 Å². The lowest BCUT2D eigenvalue weighted by molar-refractivity contribution is 0.968. The molecule has 6 nitrogen and oxygen atoms in total. The number of rotatable bonds is 4. The van der Waals surface area contributed by atoms with Gasteiger partial charge in [-0.05, 0) is 18.1 Å². The molecule has 0 aliphatic carbocycles. The van der Waals surface area contributed by atoms with Gasteiger partial charge in [-0.1, -0.05) is 25.1 Å². The van der Waals surface area contributed by atoms with E-state index >= 15 is 0 Å². The lowest BCUT2D eigenvalue weighted by atomic mass is 10.1. The van der Waals surface area contributed by atoms with Gasteiger partial charge >= 0.3 is 0 Å². The first-order valence-electron chi connectivity index (χ1n) is 6.14. The average molecular weight is 258 g/mol. The summed E-state index contributed by atoms with van der Waals surface area (Å²) in [7, 11) is 3.72. The van der Waals surface area contributed by atoms with Crippen LogP contribution in [0.4, 0.5) is 23.5 Å². The third-order valence-electron chi connectivity index (χ3n) is 2.69. The minimum absolute atomic E-state index is 0.204. The topological polar surface area (TPSA) is 80.0 Å². The molecule has 0 saturated carbocycles. The number of aromatic nitrogens is 3. The molecule has 0 fully saturated rings. The summed E-state index contributed by atoms with van der Waals surface area (Å²) in [6, 6.07) is 8.05. The summed E-state index contributed by atoms with van der Waals surface area (Å²) < 4.78 is 0. The van der Waals surface area contributed by atoms with Crippen molar-refractivity contribution in [2.24, 2.45) is 0 Å². The molecule has 0 saturated heterocycles. The molecule has 19 heavy (non-hydrogen) atoms. The van der Waals surface area contributed by atoms with Gasteiger partial charge in [-0.3, -0.25) is 0 Å². The van der Waals surface area contributed by atoms with Crippen molar-refractivity contribution in [3.63, 3.8) is 0 Å². The second kappa shape index (κ2) is 5.51. The van der Waals surface area contributed by atoms with Gasteiger partial charge in [0, 0.05) is 19.8 Å². The van der Waals surface area contributed by atoms with Crippen molar-refractivity contribution in [2.45, 2.75) is 13.3 Å². The van der Waals surface area contributed by atoms with Crippen LogP contribution >= 0.6 is 0 Å². The quantitative estimate of drug-likeness (QED) is 0.870. The smallest absolute Gasteiger partial charge is 0.233 e. The number of nitrogens with one attached hydrogen (secondary N) is 1. The number of hydrogen-bond donors (Lipinski definition) is 2. The molecular formula is C13H18N6. The summed E-state index contributed by atoms with van der Waals surface area (Å²) in [5.74, 6) is 1.19. The highest BCUT2D eigenvalue weighted by molar-refractivity contribution is 5.59. The van der Waals surface area contributed by atoms with Crippen LogP contribution in [0.2, 0.25) is 0 Å². The summed E-state index contributed by atoms with van der Waals surface area (Å²) in [4.78, 5) is 14.3. The minimum atomic E-state index is 0.204. The zero-order valence-electron chi connectivity index (χ0n) is 11.4. The molecular weight excluding hydrogens is 240 g/mol. The van der Waals surface area contributed by atoms with E-state index in [1.807, 2.05) is 32.3 Å². The van der Waals surface area contributed by atoms with E-state index in [1.54, 1.807) is 4.90 Å². The van der Waals surface area contributed by atoms with Gasteiger partial charge in [0.2, 0.25) is 17.8 Å². The average Bonchev–Trinajstić information content (AvgIpc) is 2.38. The predicted octanol–water partition coefficient (Wildman–Crippen LogP) is 1.83. The van der Waals surface area contributed by atoms with E-state index in [9.17, 15) is 0 Å². The largest absolute Gasteiger partial charge is 0.368 e. The van der Waals surface area contributed by atoms with Gasteiger partial charge in [-0.2, -0.15) is 15.0 Å². The molecule has 0 bridgehead atoms. The molecule has 6 heteroatoms. The Morgan fingerprint density at radius 1 is 1.16 bits per heavy atom. The van der Waals surface area contributed by atoms with E-state index in [0.29, 0.717) is 11.9 Å². The Bertz CT molecular complexity index is 567. The molecule has 100 valence electrons. The van der Waals surface area contributed by atoms with Crippen molar-refractivity contribution in [2.75, 3.05) is 30.0 Å². The monoisotopic (exact) mass is 258 g/mol. The zero-order chi connectivity index (χ0) is 13.8. The van der Waals surface area contributed by atoms with Gasteiger partial charge in [0.1, 0.15) is 0 Å². The highest BCUT2D eigenvalue weighted by atomic mass is 15.3. The number of para-hydroxylation sites is 1. The maximum Gasteiger partial charge on any atom is 0.233 e. The Morgan fingerprint density at radius 2 is 1.89 bits per heavy atom. The summed E-state index contributed by atoms with van der Waals surface area (Å²) >= 11 is 0. The second-order valence-electron chi connectivity index (χ2n) is 4.35. The Morgan fingerprint density at radius 3 is 2.58 bits per heavy atom. The standard InChI is InChI=1S/C13H18N6/c1-4-9-7-5-6-8-10(9)15-12-16-11(14)17-13(18-12)19(2)3/h5-8H,4H2,1-3H3,(H3,14,15,16,17,18). The SMILES string of the molecule is CCc1ccccc1Nc1nc(N)nc(N(C)C)n1. The first-order chi connectivity index (χ1) is 9.10. The van der Waals surface area contributed by atoms with E-state index in [4.69, 9.17) is 5.73 Å². The van der Waals surface area contributed by atoms with Crippen molar-refractivity contribution in [1.29, 1.82) is 0 Å². The maximum absolute atomic E-state index is 5.69. The van der Waals surface area contributed by atoms with Crippen LogP contribution in [-0.4, -0.2) is 29.0 Å². The van der Waals surface area contributed by atoms with Crippen LogP contribution in [0.1, 0.15) is 12.5 Å². The van der Waals surface area contributed by atoms with Crippen LogP contribution in [-0.2, 0) is 6.42 Å². The van der Waals surface area contributed by atoms with Gasteiger partial charge < -0.3 is 16.0 Å². The molecule has 1 aromatic heterocycles. The fraction of sp³-hybridized carbons (Fsp3) is 0.308. The van der Waals surface area contributed by atoms with Crippen LogP contribution in [0.15, 0.2) is 24.3 Å². The molecule has 0 atom stereocenters. The number of hydrogen-bond acceptors (Lipinski definition) is 6. The molecule has 3 N–H and O–H groups in total. The second-order valence-corrected chi connectivity index (χ2v) is 4.35. The van der Waals surface area contributed by atoms with Crippen LogP contribution in [0.25, 0.3) is 0 Å². The van der Waals surface area contributed by atoms with Crippen LogP contribution in [0, 0.1) is 0 Å². The molecule has 1 aromatic carbocycles. The Kier molecular flexibility index (Phi) is 3.79. The molecule has 0 aliphatic heterocycles. The van der Waals surface area contributed by atoms with Crippen LogP contribution in [0.5, 0.6) is 0 Å². The number of aryl methyl sites for hydroxylation is 1. The van der Waals surface area contributed by atoms with Gasteiger partial charge in [-0.15, -0.1) is 0 Å². The van der Waals surface area contributed by atoms with Crippen molar-refractivity contribution >= 4 is 23.5 Å². The summed E-state index contributed by atoms with van der Waals surface area (Å²) in [5, 5.41) is 3.19. The molecule has 0 amide bonds. The fourth-order valence-corrected chi connectivity index (χ4v) is 1.71. The van der Waals surface area contributed by atoms with Crippen molar-refractivity contribution < 1.29 is 0 Å². The van der Waals surface area contributed by atoms with E-state index in [0.717, 1.165) is 12.1 Å². The van der Waals surface area contributed by atoms with Crippen molar-refractivity contribution in [3.8, 4) is 0 Å². The van der Waals surface area contributed by atoms with Crippen LogP contribution < -0.4 is 16.0 Å². The minimum Gasteiger partial charge on any atom is -0.368 e. The number of anilines is 4. The Hall–Kier alpha value is -2.37. The number of nitrogens with two attached hydrogens (primary N) is 1. The van der Waals surface area contributed by atoms with E-state index in [2.05, 4.69) is 33.3 Å². The summed E-state index contributed by atoms with van der Waals surface area (Å²) in [5.41, 5.74) is 7.88. The van der Waals surface area contributed by atoms with Crippen molar-refractivity contribution in [1.82, 2.24) is 15.0 Å². The lowest BCUT2D eigenvalue weighted by Gasteiger charge is -2.13. The molecule has 0 aliphatic rings. The highest BCUT2D eigenvalue weighted by Crippen LogP contribution is 2.20. The summed E-state index contributed by atoms with van der Waals surface area (Å²) in [6.45, 7) is 2.10. The van der Waals surface area contributed by atoms with Crippen LogP contribution in [0.3, 0.4) is 0 Å². The highest BCUT2D eigenvalue weighted by Gasteiger charge is 2.07. The number of nitrogen functional groups attached to an aromatic ring is 1. The first-order valence-corrected chi connectivity index (χ1v) is 6.14. The number of nitrogens with zero attached hydrogens (tertiary/aromatic N) is 4. The predicted molar refractivity (Wildman–Crippen MR) is 77.7 cm³/mol. The van der Waals surface area contributed by atoms with Gasteiger partial charge in [0.25, 0.3) is 0 Å². The third-order valence-corrected chi connectivity index (χ3v) is 2.69. The Labute approximate surface area is 112 Å². The van der Waals surface area contributed by atoms with E-state index in [1.165, 1.54) is 5.56 Å². The molecule has 2 rings (SSSR count). The molecule has 0 spiro atoms. The molecule has 1 heterocycles. The fourth-order valence-electron chi connectivity index (χ4n) is 1.71. The molecule has 2 aromatic rings. The van der Waals surface area contributed by atoms with Gasteiger partial charge in [0.15, 0.2) is 0 Å². The third kappa shape index (κ3) is 3.09. The molecule has 0 radical (unpaired) electrons. The Balaban J connectivity index is 2.32. The zero-order valence-corrected chi connectivity index (χ0v) is 11.4. The van der Waals surface area contributed by atoms with E-state index in [-0.39, 0.29) is 5.95 Å². The maximum atomic E-state index is 5.69. The van der Waals surface area contributed by atoms with Gasteiger partial charge in [0.05, 0.1) is 0 Å². The normalized spacial score (nSPS) is 10.3. The number of benzene rings is 1. The summed E-state index contributed by atoms with van der Waals surface area (Å²) in [6.07, 6.45) is 0.935.